The molecule has 0 radical (unpaired) electrons. The Labute approximate surface area is 165 Å². The van der Waals surface area contributed by atoms with Crippen molar-refractivity contribution in [3.05, 3.63) is 23.4 Å². The number of carbonyl (C=O) groups is 2. The Morgan fingerprint density at radius 3 is 2.79 bits per heavy atom. The normalized spacial score (nSPS) is 18.1. The fraction of sp³-hybridized carbons (Fsp3) is 0.650. The maximum absolute atomic E-state index is 12.2. The molecule has 2 amide bonds. The van der Waals surface area contributed by atoms with E-state index in [2.05, 4.69) is 27.8 Å². The summed E-state index contributed by atoms with van der Waals surface area (Å²) >= 11 is 0. The van der Waals surface area contributed by atoms with E-state index < -0.39 is 11.6 Å². The second-order valence-corrected chi connectivity index (χ2v) is 7.81. The van der Waals surface area contributed by atoms with Gasteiger partial charge in [-0.2, -0.15) is 0 Å². The van der Waals surface area contributed by atoms with E-state index in [-0.39, 0.29) is 12.5 Å². The molecule has 3 heterocycles. The summed E-state index contributed by atoms with van der Waals surface area (Å²) in [5, 5.41) is 25.3. The van der Waals surface area contributed by atoms with Crippen molar-refractivity contribution in [2.45, 2.75) is 57.0 Å². The highest BCUT2D eigenvalue weighted by Crippen LogP contribution is 2.25. The van der Waals surface area contributed by atoms with Gasteiger partial charge in [-0.15, -0.1) is 0 Å². The zero-order valence-electron chi connectivity index (χ0n) is 16.2. The van der Waals surface area contributed by atoms with Crippen molar-refractivity contribution in [1.29, 1.82) is 0 Å². The standard InChI is InChI=1S/C20H30N4O4/c25-17(26)14-20(28)8-12-24(13-9-20)19(27)22-10-2-1-5-16-7-6-15-4-3-11-21-18(15)23-16/h6-7,28H,1-5,8-14H2,(H,21,23)(H,22,27)(H,25,26). The highest BCUT2D eigenvalue weighted by molar-refractivity contribution is 5.74. The maximum Gasteiger partial charge on any atom is 0.317 e. The number of aliphatic hydroxyl groups is 1. The smallest absolute Gasteiger partial charge is 0.317 e. The Hall–Kier alpha value is -2.35. The van der Waals surface area contributed by atoms with Gasteiger partial charge in [0.25, 0.3) is 0 Å². The molecule has 0 bridgehead atoms. The third-order valence-electron chi connectivity index (χ3n) is 5.55. The van der Waals surface area contributed by atoms with E-state index in [9.17, 15) is 14.7 Å². The van der Waals surface area contributed by atoms with Crippen LogP contribution in [0.5, 0.6) is 0 Å². The van der Waals surface area contributed by atoms with Crippen LogP contribution >= 0.6 is 0 Å². The number of urea groups is 1. The number of carboxylic acids is 1. The number of carboxylic acid groups (broad SMARTS) is 1. The molecular weight excluding hydrogens is 360 g/mol. The summed E-state index contributed by atoms with van der Waals surface area (Å²) in [4.78, 5) is 29.4. The van der Waals surface area contributed by atoms with E-state index in [1.807, 2.05) is 0 Å². The topological polar surface area (TPSA) is 115 Å². The summed E-state index contributed by atoms with van der Waals surface area (Å²) in [6, 6.07) is 4.11. The molecule has 1 aromatic rings. The van der Waals surface area contributed by atoms with Crippen LogP contribution in [0.2, 0.25) is 0 Å². The number of nitrogens with one attached hydrogen (secondary N) is 2. The van der Waals surface area contributed by atoms with Gasteiger partial charge >= 0.3 is 12.0 Å². The number of rotatable bonds is 7. The number of piperidine rings is 1. The molecule has 28 heavy (non-hydrogen) atoms. The molecule has 1 fully saturated rings. The lowest BCUT2D eigenvalue weighted by molar-refractivity contribution is -0.144. The van der Waals surface area contributed by atoms with Gasteiger partial charge in [0, 0.05) is 31.9 Å². The SMILES string of the molecule is O=C(O)CC1(O)CCN(C(=O)NCCCCc2ccc3c(n2)NCCC3)CC1. The minimum absolute atomic E-state index is 0.145. The van der Waals surface area contributed by atoms with Gasteiger partial charge in [-0.1, -0.05) is 6.07 Å². The summed E-state index contributed by atoms with van der Waals surface area (Å²) in [6.07, 6.45) is 5.27. The average molecular weight is 390 g/mol. The van der Waals surface area contributed by atoms with Crippen LogP contribution in [0.25, 0.3) is 0 Å². The van der Waals surface area contributed by atoms with Gasteiger partial charge < -0.3 is 25.7 Å². The number of hydrogen-bond acceptors (Lipinski definition) is 5. The van der Waals surface area contributed by atoms with Crippen LogP contribution in [0.15, 0.2) is 12.1 Å². The Bertz CT molecular complexity index is 701. The number of likely N-dealkylation sites (tertiary alicyclic amines) is 1. The second-order valence-electron chi connectivity index (χ2n) is 7.81. The lowest BCUT2D eigenvalue weighted by atomic mass is 9.88. The van der Waals surface area contributed by atoms with Gasteiger partial charge in [-0.05, 0) is 56.6 Å². The molecule has 8 nitrogen and oxygen atoms in total. The maximum atomic E-state index is 12.2. The number of fused-ring (bicyclic) bond motifs is 1. The lowest BCUT2D eigenvalue weighted by Gasteiger charge is -2.37. The Balaban J connectivity index is 1.32. The van der Waals surface area contributed by atoms with Gasteiger partial charge in [-0.3, -0.25) is 4.79 Å². The minimum atomic E-state index is -1.20. The van der Waals surface area contributed by atoms with Crippen molar-refractivity contribution in [3.63, 3.8) is 0 Å². The number of aryl methyl sites for hydroxylation is 2. The quantitative estimate of drug-likeness (QED) is 0.528. The van der Waals surface area contributed by atoms with Crippen LogP contribution in [-0.2, 0) is 17.6 Å². The van der Waals surface area contributed by atoms with Crippen molar-refractivity contribution in [2.24, 2.45) is 0 Å². The molecule has 2 aliphatic rings. The van der Waals surface area contributed by atoms with E-state index in [0.717, 1.165) is 50.2 Å². The number of anilines is 1. The van der Waals surface area contributed by atoms with Crippen LogP contribution in [0.3, 0.4) is 0 Å². The Morgan fingerprint density at radius 1 is 1.25 bits per heavy atom. The van der Waals surface area contributed by atoms with Crippen molar-refractivity contribution < 1.29 is 19.8 Å². The number of aliphatic carboxylic acids is 1. The molecule has 0 spiro atoms. The number of hydrogen-bond donors (Lipinski definition) is 4. The zero-order valence-corrected chi connectivity index (χ0v) is 16.2. The molecule has 154 valence electrons. The molecule has 0 aliphatic carbocycles. The minimum Gasteiger partial charge on any atom is -0.481 e. The van der Waals surface area contributed by atoms with E-state index in [1.54, 1.807) is 4.90 Å². The summed E-state index contributed by atoms with van der Waals surface area (Å²) in [7, 11) is 0. The first-order chi connectivity index (χ1) is 13.5. The third-order valence-corrected chi connectivity index (χ3v) is 5.55. The number of nitrogens with zero attached hydrogens (tertiary/aromatic N) is 2. The van der Waals surface area contributed by atoms with Crippen molar-refractivity contribution in [3.8, 4) is 0 Å². The molecule has 0 saturated carbocycles. The highest BCUT2D eigenvalue weighted by atomic mass is 16.4. The predicted molar refractivity (Wildman–Crippen MR) is 105 cm³/mol. The Kier molecular flexibility index (Phi) is 6.72. The summed E-state index contributed by atoms with van der Waals surface area (Å²) in [6.45, 7) is 2.33. The Morgan fingerprint density at radius 2 is 2.04 bits per heavy atom. The van der Waals surface area contributed by atoms with Crippen LogP contribution in [0.1, 0.15) is 49.8 Å². The molecule has 1 saturated heterocycles. The third kappa shape index (κ3) is 5.58. The van der Waals surface area contributed by atoms with Crippen LogP contribution in [-0.4, -0.2) is 63.9 Å². The van der Waals surface area contributed by atoms with Gasteiger partial charge in [0.2, 0.25) is 0 Å². The van der Waals surface area contributed by atoms with Crippen LogP contribution in [0.4, 0.5) is 10.6 Å². The van der Waals surface area contributed by atoms with Crippen molar-refractivity contribution >= 4 is 17.8 Å². The van der Waals surface area contributed by atoms with E-state index in [0.29, 0.717) is 32.5 Å². The molecule has 0 atom stereocenters. The van der Waals surface area contributed by atoms with Gasteiger partial charge in [0.15, 0.2) is 0 Å². The lowest BCUT2D eigenvalue weighted by Crippen LogP contribution is -2.50. The molecule has 3 rings (SSSR count). The molecule has 2 aliphatic heterocycles. The van der Waals surface area contributed by atoms with E-state index in [1.165, 1.54) is 5.56 Å². The fourth-order valence-electron chi connectivity index (χ4n) is 3.83. The van der Waals surface area contributed by atoms with Crippen LogP contribution in [0, 0.1) is 0 Å². The summed E-state index contributed by atoms with van der Waals surface area (Å²) in [5.74, 6) is 0.00890. The monoisotopic (exact) mass is 390 g/mol. The molecule has 4 N–H and O–H groups in total. The first kappa shape index (κ1) is 20.4. The predicted octanol–water partition coefficient (Wildman–Crippen LogP) is 1.77. The van der Waals surface area contributed by atoms with E-state index >= 15 is 0 Å². The van der Waals surface area contributed by atoms with Gasteiger partial charge in [-0.25, -0.2) is 9.78 Å². The average Bonchev–Trinajstić information content (AvgIpc) is 2.67. The molecule has 1 aromatic heterocycles. The fourth-order valence-corrected chi connectivity index (χ4v) is 3.83. The number of aromatic nitrogens is 1. The first-order valence-corrected chi connectivity index (χ1v) is 10.1. The first-order valence-electron chi connectivity index (χ1n) is 10.1. The van der Waals surface area contributed by atoms with Crippen molar-refractivity contribution in [1.82, 2.24) is 15.2 Å². The number of unbranched alkanes of at least 4 members (excludes halogenated alkanes) is 1. The highest BCUT2D eigenvalue weighted by Gasteiger charge is 2.35. The van der Waals surface area contributed by atoms with Gasteiger partial charge in [0.1, 0.15) is 5.82 Å². The second kappa shape index (κ2) is 9.23. The number of pyridine rings is 1. The largest absolute Gasteiger partial charge is 0.481 e. The molecular formula is C20H30N4O4. The summed E-state index contributed by atoms with van der Waals surface area (Å²) in [5.41, 5.74) is 1.17. The van der Waals surface area contributed by atoms with E-state index in [4.69, 9.17) is 5.11 Å². The van der Waals surface area contributed by atoms with Crippen molar-refractivity contribution in [2.75, 3.05) is 31.5 Å². The summed E-state index contributed by atoms with van der Waals surface area (Å²) < 4.78 is 0. The number of amides is 2. The number of carbonyl (C=O) groups excluding carboxylic acids is 1. The zero-order chi connectivity index (χ0) is 20.0. The van der Waals surface area contributed by atoms with Crippen LogP contribution < -0.4 is 10.6 Å². The molecule has 8 heteroatoms. The molecule has 0 aromatic carbocycles. The molecule has 0 unspecified atom stereocenters. The van der Waals surface area contributed by atoms with Gasteiger partial charge in [0.05, 0.1) is 12.0 Å².